The van der Waals surface area contributed by atoms with Gasteiger partial charge in [0.05, 0.1) is 6.04 Å². The zero-order valence-electron chi connectivity index (χ0n) is 22.9. The van der Waals surface area contributed by atoms with Gasteiger partial charge in [-0.25, -0.2) is 0 Å². The molecule has 1 aromatic rings. The minimum absolute atomic E-state index is 0.0265. The van der Waals surface area contributed by atoms with E-state index in [4.69, 9.17) is 5.73 Å². The van der Waals surface area contributed by atoms with Gasteiger partial charge in [0.15, 0.2) is 28.9 Å². The standard InChI is InChI=1S/C28H38N4O7/c1-31(2)10-6-5-9-30-27(38)15-7-8-20(33)18-13-16-14(11-17(15)18)12-19-22(32(3)4)23(34)21(26(29)37)25(36)28(19,39)24(16)35/h7-8,14,16,19,21-22,33,39H,5-6,9-13H2,1-4H3,(H2,29,37)(H,30,38)/t14-,16?,19-,21?,22-,28-/m0/s1. The second kappa shape index (κ2) is 10.8. The van der Waals surface area contributed by atoms with Gasteiger partial charge in [0.2, 0.25) is 5.91 Å². The van der Waals surface area contributed by atoms with Crippen molar-refractivity contribution in [3.8, 4) is 5.75 Å². The molecule has 5 N–H and O–H groups in total. The van der Waals surface area contributed by atoms with E-state index in [1.165, 1.54) is 11.0 Å². The molecule has 4 rings (SSSR count). The SMILES string of the molecule is CN(C)CCCCNC(=O)c1ccc(O)c2c1C[C@H]1C[C@H]3[C@H](N(C)C)C(=O)C(C(N)=O)C(=O)[C@@]3(O)C(=O)C1C2. The predicted molar refractivity (Wildman–Crippen MR) is 141 cm³/mol. The average molecular weight is 543 g/mol. The van der Waals surface area contributed by atoms with Gasteiger partial charge < -0.3 is 26.2 Å². The largest absolute Gasteiger partial charge is 0.508 e. The van der Waals surface area contributed by atoms with Crippen LogP contribution in [0.15, 0.2) is 12.1 Å². The van der Waals surface area contributed by atoms with E-state index in [0.29, 0.717) is 23.2 Å². The number of aromatic hydroxyl groups is 1. The van der Waals surface area contributed by atoms with E-state index < -0.39 is 52.7 Å². The molecule has 0 spiro atoms. The number of nitrogens with two attached hydrogens (primary N) is 1. The van der Waals surface area contributed by atoms with E-state index in [9.17, 15) is 34.2 Å². The number of hydrogen-bond acceptors (Lipinski definition) is 9. The molecule has 3 aliphatic rings. The second-order valence-electron chi connectivity index (χ2n) is 11.6. The number of carbonyl (C=O) groups excluding carboxylic acids is 5. The number of hydrogen-bond donors (Lipinski definition) is 4. The van der Waals surface area contributed by atoms with Crippen LogP contribution in [-0.2, 0) is 32.0 Å². The summed E-state index contributed by atoms with van der Waals surface area (Å²) < 4.78 is 0. The topological polar surface area (TPSA) is 170 Å². The maximum absolute atomic E-state index is 13.8. The summed E-state index contributed by atoms with van der Waals surface area (Å²) >= 11 is 0. The highest BCUT2D eigenvalue weighted by molar-refractivity contribution is 6.30. The van der Waals surface area contributed by atoms with Gasteiger partial charge in [-0.05, 0) is 96.0 Å². The molecule has 3 aliphatic carbocycles. The maximum Gasteiger partial charge on any atom is 0.251 e. The third-order valence-electron chi connectivity index (χ3n) is 8.67. The Morgan fingerprint density at radius 3 is 2.36 bits per heavy atom. The number of likely N-dealkylation sites (N-methyl/N-ethyl adjacent to an activating group) is 1. The molecule has 11 heteroatoms. The van der Waals surface area contributed by atoms with E-state index in [1.807, 2.05) is 14.1 Å². The van der Waals surface area contributed by atoms with Crippen LogP contribution >= 0.6 is 0 Å². The Labute approximate surface area is 227 Å². The number of ketones is 3. The van der Waals surface area contributed by atoms with E-state index >= 15 is 0 Å². The van der Waals surface area contributed by atoms with Crippen molar-refractivity contribution < 1.29 is 34.2 Å². The van der Waals surface area contributed by atoms with Gasteiger partial charge >= 0.3 is 0 Å². The van der Waals surface area contributed by atoms with Crippen molar-refractivity contribution >= 4 is 29.2 Å². The van der Waals surface area contributed by atoms with Crippen LogP contribution in [-0.4, -0.2) is 102 Å². The number of unbranched alkanes of at least 4 members (excludes halogenated alkanes) is 1. The fraction of sp³-hybridized carbons (Fsp3) is 0.607. The lowest BCUT2D eigenvalue weighted by Crippen LogP contribution is -2.73. The maximum atomic E-state index is 13.8. The lowest BCUT2D eigenvalue weighted by Gasteiger charge is -2.53. The summed E-state index contributed by atoms with van der Waals surface area (Å²) in [7, 11) is 7.15. The molecule has 0 aliphatic heterocycles. The van der Waals surface area contributed by atoms with Crippen LogP contribution in [0.3, 0.4) is 0 Å². The highest BCUT2D eigenvalue weighted by Crippen LogP contribution is 2.51. The quantitative estimate of drug-likeness (QED) is 0.245. The molecule has 212 valence electrons. The zero-order valence-corrected chi connectivity index (χ0v) is 22.9. The van der Waals surface area contributed by atoms with Gasteiger partial charge in [-0.3, -0.25) is 28.9 Å². The fourth-order valence-corrected chi connectivity index (χ4v) is 6.78. The van der Waals surface area contributed by atoms with E-state index in [-0.39, 0.29) is 36.8 Å². The lowest BCUT2D eigenvalue weighted by molar-refractivity contribution is -0.183. The van der Waals surface area contributed by atoms with Crippen LogP contribution in [0.4, 0.5) is 0 Å². The van der Waals surface area contributed by atoms with Crippen LogP contribution in [0.2, 0.25) is 0 Å². The number of aliphatic hydroxyl groups is 1. The number of rotatable bonds is 8. The van der Waals surface area contributed by atoms with Crippen molar-refractivity contribution in [2.75, 3.05) is 41.3 Å². The summed E-state index contributed by atoms with van der Waals surface area (Å²) in [6.45, 7) is 1.41. The van der Waals surface area contributed by atoms with Crippen LogP contribution in [0.1, 0.15) is 40.7 Å². The first-order chi connectivity index (χ1) is 18.3. The minimum Gasteiger partial charge on any atom is -0.508 e. The Hall–Kier alpha value is -3.15. The highest BCUT2D eigenvalue weighted by Gasteiger charge is 2.68. The number of nitrogens with one attached hydrogen (secondary N) is 1. The van der Waals surface area contributed by atoms with Crippen molar-refractivity contribution in [1.82, 2.24) is 15.1 Å². The summed E-state index contributed by atoms with van der Waals surface area (Å²) in [5.74, 6) is -8.36. The molecule has 2 fully saturated rings. The van der Waals surface area contributed by atoms with E-state index in [1.54, 1.807) is 20.2 Å². The molecule has 2 amide bonds. The highest BCUT2D eigenvalue weighted by atomic mass is 16.3. The second-order valence-corrected chi connectivity index (χ2v) is 11.6. The van der Waals surface area contributed by atoms with Crippen LogP contribution in [0.25, 0.3) is 0 Å². The molecule has 0 aromatic heterocycles. The molecule has 11 nitrogen and oxygen atoms in total. The zero-order chi connectivity index (χ0) is 28.8. The smallest absolute Gasteiger partial charge is 0.251 e. The first-order valence-electron chi connectivity index (χ1n) is 13.4. The number of Topliss-reactive ketones (excluding diaryl/α,β-unsaturated/α-hetero) is 3. The number of primary amides is 1. The average Bonchev–Trinajstić information content (AvgIpc) is 2.85. The molecular weight excluding hydrogens is 504 g/mol. The van der Waals surface area contributed by atoms with Gasteiger partial charge in [-0.2, -0.15) is 0 Å². The van der Waals surface area contributed by atoms with Gasteiger partial charge in [0.25, 0.3) is 5.91 Å². The Kier molecular flexibility index (Phi) is 7.98. The Morgan fingerprint density at radius 1 is 1.05 bits per heavy atom. The van der Waals surface area contributed by atoms with Gasteiger partial charge in [-0.1, -0.05) is 0 Å². The van der Waals surface area contributed by atoms with Crippen molar-refractivity contribution in [3.05, 3.63) is 28.8 Å². The molecule has 1 aromatic carbocycles. The van der Waals surface area contributed by atoms with Gasteiger partial charge in [0, 0.05) is 23.9 Å². The van der Waals surface area contributed by atoms with Gasteiger partial charge in [0.1, 0.15) is 5.75 Å². The Balaban J connectivity index is 1.65. The molecule has 0 radical (unpaired) electrons. The Bertz CT molecular complexity index is 1210. The van der Waals surface area contributed by atoms with Crippen LogP contribution in [0, 0.1) is 23.7 Å². The summed E-state index contributed by atoms with van der Waals surface area (Å²) in [5.41, 5.74) is 4.30. The monoisotopic (exact) mass is 542 g/mol. The summed E-state index contributed by atoms with van der Waals surface area (Å²) in [6.07, 6.45) is 2.18. The van der Waals surface area contributed by atoms with Crippen molar-refractivity contribution in [2.45, 2.75) is 43.7 Å². The van der Waals surface area contributed by atoms with Crippen molar-refractivity contribution in [2.24, 2.45) is 29.4 Å². The number of fused-ring (bicyclic) bond motifs is 3. The van der Waals surface area contributed by atoms with Crippen LogP contribution in [0.5, 0.6) is 5.75 Å². The molecule has 2 unspecified atom stereocenters. The number of nitrogens with zero attached hydrogens (tertiary/aromatic N) is 2. The predicted octanol–water partition coefficient (Wildman–Crippen LogP) is -0.702. The van der Waals surface area contributed by atoms with Gasteiger partial charge in [-0.15, -0.1) is 0 Å². The fourth-order valence-electron chi connectivity index (χ4n) is 6.78. The molecule has 0 saturated heterocycles. The molecule has 39 heavy (non-hydrogen) atoms. The summed E-state index contributed by atoms with van der Waals surface area (Å²) in [5, 5.41) is 25.2. The number of phenolic OH excluding ortho intramolecular Hbond substituents is 1. The van der Waals surface area contributed by atoms with Crippen molar-refractivity contribution in [3.63, 3.8) is 0 Å². The Morgan fingerprint density at radius 2 is 1.74 bits per heavy atom. The minimum atomic E-state index is -2.54. The molecule has 0 heterocycles. The first-order valence-corrected chi connectivity index (χ1v) is 13.4. The van der Waals surface area contributed by atoms with Crippen molar-refractivity contribution in [1.29, 1.82) is 0 Å². The van der Waals surface area contributed by atoms with E-state index in [2.05, 4.69) is 10.2 Å². The van der Waals surface area contributed by atoms with E-state index in [0.717, 1.165) is 19.4 Å². The lowest BCUT2D eigenvalue weighted by atomic mass is 9.52. The van der Waals surface area contributed by atoms with Crippen LogP contribution < -0.4 is 11.1 Å². The third kappa shape index (κ3) is 4.87. The normalized spacial score (nSPS) is 30.1. The molecule has 2 saturated carbocycles. The number of phenols is 1. The summed E-state index contributed by atoms with van der Waals surface area (Å²) in [4.78, 5) is 69.1. The molecular formula is C28H38N4O7. The third-order valence-corrected chi connectivity index (χ3v) is 8.67. The molecule has 0 bridgehead atoms. The number of amides is 2. The number of benzene rings is 1. The first kappa shape index (κ1) is 28.8. The number of carbonyl (C=O) groups is 5. The molecule has 6 atom stereocenters. The summed E-state index contributed by atoms with van der Waals surface area (Å²) in [6, 6.07) is 1.92.